The van der Waals surface area contributed by atoms with Crippen molar-refractivity contribution in [1.82, 2.24) is 0 Å². The van der Waals surface area contributed by atoms with Gasteiger partial charge in [-0.25, -0.2) is 4.99 Å². The molecule has 2 rings (SSSR count). The normalized spacial score (nSPS) is 12.6. The molecular formula is C25H30N4O6. The molecule has 0 radical (unpaired) electrons. The van der Waals surface area contributed by atoms with Gasteiger partial charge in [-0.05, 0) is 42.0 Å². The van der Waals surface area contributed by atoms with Crippen LogP contribution in [0.5, 0.6) is 0 Å². The SMILES string of the molecule is CC(=O)CN=Cc1ccc(CC(N)C(=O)O)cc1.CC(=O)N=Cc1ccc(CC(N)C(=O)O)cc1. The third kappa shape index (κ3) is 12.7. The molecule has 0 aliphatic heterocycles. The Kier molecular flexibility index (Phi) is 12.4. The van der Waals surface area contributed by atoms with Crippen LogP contribution in [0.2, 0.25) is 0 Å². The molecule has 6 N–H and O–H groups in total. The fourth-order valence-corrected chi connectivity index (χ4v) is 2.61. The number of amides is 1. The van der Waals surface area contributed by atoms with Gasteiger partial charge in [-0.3, -0.25) is 24.2 Å². The smallest absolute Gasteiger partial charge is 0.320 e. The number of carbonyl (C=O) groups is 4. The summed E-state index contributed by atoms with van der Waals surface area (Å²) in [6.07, 6.45) is 3.64. The first-order valence-electron chi connectivity index (χ1n) is 10.7. The van der Waals surface area contributed by atoms with E-state index in [1.54, 1.807) is 42.6 Å². The van der Waals surface area contributed by atoms with E-state index < -0.39 is 24.0 Å². The Bertz CT molecular complexity index is 1060. The van der Waals surface area contributed by atoms with Gasteiger partial charge >= 0.3 is 11.9 Å². The molecule has 0 fully saturated rings. The summed E-state index contributed by atoms with van der Waals surface area (Å²) in [5.74, 6) is -2.29. The Morgan fingerprint density at radius 3 is 1.51 bits per heavy atom. The van der Waals surface area contributed by atoms with Crippen molar-refractivity contribution >= 4 is 36.1 Å². The lowest BCUT2D eigenvalue weighted by Gasteiger charge is -2.06. The summed E-state index contributed by atoms with van der Waals surface area (Å²) in [5.41, 5.74) is 14.2. The molecule has 35 heavy (non-hydrogen) atoms. The van der Waals surface area contributed by atoms with Crippen molar-refractivity contribution in [3.05, 3.63) is 70.8 Å². The number of carboxylic acid groups (broad SMARTS) is 2. The molecule has 0 spiro atoms. The third-order valence-corrected chi connectivity index (χ3v) is 4.45. The van der Waals surface area contributed by atoms with Gasteiger partial charge in [0.05, 0.1) is 6.54 Å². The van der Waals surface area contributed by atoms with Crippen LogP contribution >= 0.6 is 0 Å². The molecular weight excluding hydrogens is 452 g/mol. The van der Waals surface area contributed by atoms with Crippen LogP contribution in [0.1, 0.15) is 36.1 Å². The molecule has 0 aromatic heterocycles. The van der Waals surface area contributed by atoms with E-state index in [-0.39, 0.29) is 24.7 Å². The van der Waals surface area contributed by atoms with Crippen LogP contribution in [0.15, 0.2) is 58.5 Å². The second-order valence-corrected chi connectivity index (χ2v) is 7.73. The van der Waals surface area contributed by atoms with E-state index in [0.717, 1.165) is 22.3 Å². The molecule has 1 amide bonds. The quantitative estimate of drug-likeness (QED) is 0.364. The topological polar surface area (TPSA) is 186 Å². The van der Waals surface area contributed by atoms with Crippen LogP contribution in [0.4, 0.5) is 0 Å². The Morgan fingerprint density at radius 1 is 0.771 bits per heavy atom. The van der Waals surface area contributed by atoms with E-state index in [9.17, 15) is 19.2 Å². The second kappa shape index (κ2) is 15.0. The van der Waals surface area contributed by atoms with Crippen LogP contribution in [-0.4, -0.2) is 64.9 Å². The highest BCUT2D eigenvalue weighted by molar-refractivity contribution is 5.90. The Labute approximate surface area is 203 Å². The van der Waals surface area contributed by atoms with E-state index in [2.05, 4.69) is 9.98 Å². The zero-order valence-corrected chi connectivity index (χ0v) is 19.6. The number of hydrogen-bond acceptors (Lipinski definition) is 7. The van der Waals surface area contributed by atoms with Crippen LogP contribution < -0.4 is 11.5 Å². The van der Waals surface area contributed by atoms with Crippen molar-refractivity contribution < 1.29 is 29.4 Å². The number of carboxylic acids is 2. The molecule has 0 aliphatic carbocycles. The van der Waals surface area contributed by atoms with Crippen molar-refractivity contribution in [3.8, 4) is 0 Å². The number of benzene rings is 2. The van der Waals surface area contributed by atoms with Gasteiger partial charge in [0.25, 0.3) is 0 Å². The summed E-state index contributed by atoms with van der Waals surface area (Å²) in [7, 11) is 0. The van der Waals surface area contributed by atoms with E-state index in [0.29, 0.717) is 6.42 Å². The summed E-state index contributed by atoms with van der Waals surface area (Å²) < 4.78 is 0. The van der Waals surface area contributed by atoms with Crippen LogP contribution in [0.25, 0.3) is 0 Å². The Morgan fingerprint density at radius 2 is 1.17 bits per heavy atom. The lowest BCUT2D eigenvalue weighted by Crippen LogP contribution is -2.32. The van der Waals surface area contributed by atoms with Crippen LogP contribution in [0, 0.1) is 0 Å². The van der Waals surface area contributed by atoms with Gasteiger partial charge in [0.2, 0.25) is 5.91 Å². The molecule has 10 nitrogen and oxygen atoms in total. The summed E-state index contributed by atoms with van der Waals surface area (Å²) in [5, 5.41) is 17.3. The number of aliphatic carboxylic acids is 2. The third-order valence-electron chi connectivity index (χ3n) is 4.45. The van der Waals surface area contributed by atoms with Gasteiger partial charge < -0.3 is 21.7 Å². The standard InChI is InChI=1S/C13H16N2O3.C12H14N2O3/c1-9(16)7-15-8-11-4-2-10(3-5-11)6-12(14)13(17)18;1-8(15)14-7-10-4-2-9(3-5-10)6-11(13)12(16)17/h2-5,8,12H,6-7,14H2,1H3,(H,17,18);2-5,7,11H,6,13H2,1H3,(H,16,17). The maximum absolute atomic E-state index is 10.7. The van der Waals surface area contributed by atoms with Crippen molar-refractivity contribution in [2.24, 2.45) is 21.5 Å². The molecule has 10 heteroatoms. The summed E-state index contributed by atoms with van der Waals surface area (Å²) in [6.45, 7) is 3.02. The number of nitrogens with two attached hydrogens (primary N) is 2. The van der Waals surface area contributed by atoms with E-state index in [1.165, 1.54) is 20.1 Å². The fourth-order valence-electron chi connectivity index (χ4n) is 2.61. The molecule has 2 aromatic carbocycles. The first-order chi connectivity index (χ1) is 16.5. The second-order valence-electron chi connectivity index (χ2n) is 7.73. The highest BCUT2D eigenvalue weighted by Crippen LogP contribution is 2.06. The van der Waals surface area contributed by atoms with Gasteiger partial charge in [-0.15, -0.1) is 0 Å². The zero-order valence-electron chi connectivity index (χ0n) is 19.6. The van der Waals surface area contributed by atoms with Crippen molar-refractivity contribution in [2.45, 2.75) is 38.8 Å². The maximum Gasteiger partial charge on any atom is 0.320 e. The molecule has 0 saturated heterocycles. The number of hydrogen-bond donors (Lipinski definition) is 4. The highest BCUT2D eigenvalue weighted by Gasteiger charge is 2.12. The number of ketones is 1. The monoisotopic (exact) mass is 482 g/mol. The minimum Gasteiger partial charge on any atom is -0.480 e. The minimum absolute atomic E-state index is 0.00954. The lowest BCUT2D eigenvalue weighted by molar-refractivity contribution is -0.139. The van der Waals surface area contributed by atoms with E-state index >= 15 is 0 Å². The molecule has 2 aromatic rings. The minimum atomic E-state index is -1.02. The van der Waals surface area contributed by atoms with Gasteiger partial charge in [-0.2, -0.15) is 0 Å². The lowest BCUT2D eigenvalue weighted by atomic mass is 10.1. The van der Waals surface area contributed by atoms with E-state index in [1.807, 2.05) is 12.1 Å². The molecule has 2 atom stereocenters. The average Bonchev–Trinajstić information content (AvgIpc) is 2.79. The number of carbonyl (C=O) groups excluding carboxylic acids is 2. The van der Waals surface area contributed by atoms with Gasteiger partial charge in [0.15, 0.2) is 5.78 Å². The number of aliphatic imine (C=N–C) groups is 2. The summed E-state index contributed by atoms with van der Waals surface area (Å²) in [6, 6.07) is 12.5. The number of rotatable bonds is 10. The first kappa shape index (κ1) is 29.0. The highest BCUT2D eigenvalue weighted by atomic mass is 16.4. The number of Topliss-reactive ketones (excluding diaryl/α,β-unsaturated/α-hetero) is 1. The van der Waals surface area contributed by atoms with Gasteiger partial charge in [0.1, 0.15) is 12.1 Å². The van der Waals surface area contributed by atoms with Gasteiger partial charge in [-0.1, -0.05) is 48.5 Å². The Hall–Kier alpha value is -4.02. The predicted molar refractivity (Wildman–Crippen MR) is 133 cm³/mol. The van der Waals surface area contributed by atoms with Gasteiger partial charge in [0, 0.05) is 19.4 Å². The molecule has 0 saturated carbocycles. The first-order valence-corrected chi connectivity index (χ1v) is 10.7. The predicted octanol–water partition coefficient (Wildman–Crippen LogP) is 1.26. The van der Waals surface area contributed by atoms with Crippen molar-refractivity contribution in [1.29, 1.82) is 0 Å². The van der Waals surface area contributed by atoms with Crippen molar-refractivity contribution in [2.75, 3.05) is 6.54 Å². The van der Waals surface area contributed by atoms with E-state index in [4.69, 9.17) is 21.7 Å². The molecule has 0 heterocycles. The number of nitrogens with zero attached hydrogens (tertiary/aromatic N) is 2. The largest absolute Gasteiger partial charge is 0.480 e. The van der Waals surface area contributed by atoms with Crippen LogP contribution in [-0.2, 0) is 32.0 Å². The maximum atomic E-state index is 10.7. The van der Waals surface area contributed by atoms with Crippen LogP contribution in [0.3, 0.4) is 0 Å². The summed E-state index contributed by atoms with van der Waals surface area (Å²) >= 11 is 0. The summed E-state index contributed by atoms with van der Waals surface area (Å²) in [4.78, 5) is 50.1. The fraction of sp³-hybridized carbons (Fsp3) is 0.280. The molecule has 186 valence electrons. The Balaban J connectivity index is 0.000000351. The molecule has 0 aliphatic rings. The average molecular weight is 483 g/mol. The molecule has 0 bridgehead atoms. The zero-order chi connectivity index (χ0) is 26.4. The van der Waals surface area contributed by atoms with Crippen molar-refractivity contribution in [3.63, 3.8) is 0 Å². The molecule has 2 unspecified atom stereocenters.